The molecule has 16 heavy (non-hydrogen) atoms. The fourth-order valence-corrected chi connectivity index (χ4v) is 1.77. The lowest BCUT2D eigenvalue weighted by atomic mass is 10.1. The molecule has 0 aliphatic rings. The van der Waals surface area contributed by atoms with Crippen molar-refractivity contribution in [3.8, 4) is 0 Å². The minimum Gasteiger partial charge on any atom is -0.479 e. The van der Waals surface area contributed by atoms with E-state index in [4.69, 9.17) is 5.11 Å². The Morgan fingerprint density at radius 2 is 1.94 bits per heavy atom. The Kier molecular flexibility index (Phi) is 4.03. The van der Waals surface area contributed by atoms with Crippen LogP contribution in [0.5, 0.6) is 0 Å². The van der Waals surface area contributed by atoms with E-state index in [0.717, 1.165) is 6.26 Å². The molecular formula is C10H12O5S. The number of carbonyl (C=O) groups is 1. The van der Waals surface area contributed by atoms with Gasteiger partial charge in [0.15, 0.2) is 6.10 Å². The van der Waals surface area contributed by atoms with Gasteiger partial charge in [0.2, 0.25) is 0 Å². The van der Waals surface area contributed by atoms with Crippen molar-refractivity contribution in [2.75, 3.05) is 6.26 Å². The van der Waals surface area contributed by atoms with Crippen LogP contribution in [0.4, 0.5) is 0 Å². The standard InChI is InChI=1S/C10H12O5S/c1-16(13,14)15-9(10(11)12)7-8-5-3-2-4-6-8/h2-6,9H,7H2,1H3,(H,11,12). The Hall–Kier alpha value is -1.40. The molecule has 0 fully saturated rings. The molecule has 0 amide bonds. The Morgan fingerprint density at radius 3 is 2.38 bits per heavy atom. The molecule has 1 atom stereocenters. The van der Waals surface area contributed by atoms with Gasteiger partial charge in [0.25, 0.3) is 10.1 Å². The van der Waals surface area contributed by atoms with E-state index in [2.05, 4.69) is 4.18 Å². The van der Waals surface area contributed by atoms with Gasteiger partial charge in [-0.25, -0.2) is 4.79 Å². The van der Waals surface area contributed by atoms with Crippen LogP contribution in [-0.4, -0.2) is 31.9 Å². The van der Waals surface area contributed by atoms with Crippen LogP contribution in [-0.2, 0) is 25.5 Å². The zero-order valence-corrected chi connectivity index (χ0v) is 9.48. The first-order chi connectivity index (χ1) is 7.38. The molecule has 0 aromatic heterocycles. The number of aliphatic carboxylic acids is 1. The summed E-state index contributed by atoms with van der Waals surface area (Å²) in [5.41, 5.74) is 0.707. The molecule has 1 aromatic carbocycles. The topological polar surface area (TPSA) is 80.7 Å². The van der Waals surface area contributed by atoms with Crippen molar-refractivity contribution in [1.82, 2.24) is 0 Å². The summed E-state index contributed by atoms with van der Waals surface area (Å²) < 4.78 is 26.2. The van der Waals surface area contributed by atoms with Crippen molar-refractivity contribution >= 4 is 16.1 Å². The van der Waals surface area contributed by atoms with Crippen molar-refractivity contribution in [2.45, 2.75) is 12.5 Å². The smallest absolute Gasteiger partial charge is 0.334 e. The predicted molar refractivity (Wildman–Crippen MR) is 57.5 cm³/mol. The number of hydrogen-bond acceptors (Lipinski definition) is 4. The maximum atomic E-state index is 10.9. The SMILES string of the molecule is CS(=O)(=O)OC(Cc1ccccc1)C(=O)O. The Labute approximate surface area is 93.8 Å². The number of rotatable bonds is 5. The van der Waals surface area contributed by atoms with Crippen LogP contribution < -0.4 is 0 Å². The van der Waals surface area contributed by atoms with Gasteiger partial charge in [-0.3, -0.25) is 4.18 Å². The van der Waals surface area contributed by atoms with Gasteiger partial charge in [-0.1, -0.05) is 30.3 Å². The summed E-state index contributed by atoms with van der Waals surface area (Å²) in [6, 6.07) is 8.70. The number of benzene rings is 1. The van der Waals surface area contributed by atoms with Crippen molar-refractivity contribution in [2.24, 2.45) is 0 Å². The van der Waals surface area contributed by atoms with Crippen LogP contribution in [0.1, 0.15) is 5.56 Å². The summed E-state index contributed by atoms with van der Waals surface area (Å²) in [6.45, 7) is 0. The van der Waals surface area contributed by atoms with E-state index in [9.17, 15) is 13.2 Å². The van der Waals surface area contributed by atoms with Crippen molar-refractivity contribution < 1.29 is 22.5 Å². The minimum absolute atomic E-state index is 0.0171. The van der Waals surface area contributed by atoms with E-state index >= 15 is 0 Å². The second-order valence-corrected chi connectivity index (χ2v) is 4.92. The van der Waals surface area contributed by atoms with Gasteiger partial charge in [0.05, 0.1) is 6.26 Å². The number of hydrogen-bond donors (Lipinski definition) is 1. The monoisotopic (exact) mass is 244 g/mol. The van der Waals surface area contributed by atoms with Crippen molar-refractivity contribution in [1.29, 1.82) is 0 Å². The second kappa shape index (κ2) is 5.09. The molecule has 1 rings (SSSR count). The van der Waals surface area contributed by atoms with Crippen LogP contribution in [0.2, 0.25) is 0 Å². The molecule has 0 heterocycles. The Morgan fingerprint density at radius 1 is 1.38 bits per heavy atom. The first-order valence-electron chi connectivity index (χ1n) is 4.53. The van der Waals surface area contributed by atoms with E-state index in [0.29, 0.717) is 5.56 Å². The molecule has 1 N–H and O–H groups in total. The van der Waals surface area contributed by atoms with Crippen molar-refractivity contribution in [3.63, 3.8) is 0 Å². The van der Waals surface area contributed by atoms with Gasteiger partial charge in [0, 0.05) is 6.42 Å². The van der Waals surface area contributed by atoms with Gasteiger partial charge >= 0.3 is 5.97 Å². The average Bonchev–Trinajstić information content (AvgIpc) is 2.16. The highest BCUT2D eigenvalue weighted by Gasteiger charge is 2.23. The van der Waals surface area contributed by atoms with Crippen LogP contribution in [0.3, 0.4) is 0 Å². The third-order valence-electron chi connectivity index (χ3n) is 1.83. The van der Waals surface area contributed by atoms with Gasteiger partial charge in [-0.2, -0.15) is 8.42 Å². The van der Waals surface area contributed by atoms with E-state index in [1.54, 1.807) is 30.3 Å². The summed E-state index contributed by atoms with van der Waals surface area (Å²) >= 11 is 0. The summed E-state index contributed by atoms with van der Waals surface area (Å²) in [7, 11) is -3.77. The molecule has 0 aliphatic carbocycles. The molecule has 0 aliphatic heterocycles. The van der Waals surface area contributed by atoms with E-state index < -0.39 is 22.2 Å². The van der Waals surface area contributed by atoms with E-state index in [1.165, 1.54) is 0 Å². The highest BCUT2D eigenvalue weighted by Crippen LogP contribution is 2.08. The molecule has 88 valence electrons. The van der Waals surface area contributed by atoms with Crippen LogP contribution in [0.25, 0.3) is 0 Å². The third kappa shape index (κ3) is 4.41. The number of carboxylic acids is 1. The lowest BCUT2D eigenvalue weighted by Gasteiger charge is -2.11. The number of carboxylic acid groups (broad SMARTS) is 1. The normalized spacial score (nSPS) is 13.3. The lowest BCUT2D eigenvalue weighted by Crippen LogP contribution is -2.28. The van der Waals surface area contributed by atoms with E-state index in [-0.39, 0.29) is 6.42 Å². The summed E-state index contributed by atoms with van der Waals surface area (Å²) in [6.07, 6.45) is -0.533. The molecular weight excluding hydrogens is 232 g/mol. The third-order valence-corrected chi connectivity index (χ3v) is 2.41. The fourth-order valence-electron chi connectivity index (χ4n) is 1.20. The maximum absolute atomic E-state index is 10.9. The molecule has 0 saturated heterocycles. The fraction of sp³-hybridized carbons (Fsp3) is 0.300. The molecule has 5 nitrogen and oxygen atoms in total. The highest BCUT2D eigenvalue weighted by atomic mass is 32.2. The van der Waals surface area contributed by atoms with Gasteiger partial charge in [0.1, 0.15) is 0 Å². The Balaban J connectivity index is 2.77. The summed E-state index contributed by atoms with van der Waals surface area (Å²) in [5, 5.41) is 8.81. The molecule has 0 radical (unpaired) electrons. The Bertz CT molecular complexity index is 451. The largest absolute Gasteiger partial charge is 0.479 e. The molecule has 0 bridgehead atoms. The summed E-state index contributed by atoms with van der Waals surface area (Å²) in [4.78, 5) is 10.8. The zero-order valence-electron chi connectivity index (χ0n) is 8.66. The predicted octanol–water partition coefficient (Wildman–Crippen LogP) is 0.658. The van der Waals surface area contributed by atoms with E-state index in [1.807, 2.05) is 0 Å². The molecule has 1 aromatic rings. The van der Waals surface area contributed by atoms with Gasteiger partial charge in [-0.05, 0) is 5.56 Å². The van der Waals surface area contributed by atoms with Crippen molar-refractivity contribution in [3.05, 3.63) is 35.9 Å². The first kappa shape index (κ1) is 12.7. The van der Waals surface area contributed by atoms with Gasteiger partial charge in [-0.15, -0.1) is 0 Å². The van der Waals surface area contributed by atoms with Gasteiger partial charge < -0.3 is 5.11 Å². The summed E-state index contributed by atoms with van der Waals surface area (Å²) in [5.74, 6) is -1.30. The minimum atomic E-state index is -3.77. The van der Waals surface area contributed by atoms with Crippen LogP contribution in [0, 0.1) is 0 Å². The maximum Gasteiger partial charge on any atom is 0.334 e. The molecule has 0 spiro atoms. The molecule has 0 saturated carbocycles. The molecule has 6 heteroatoms. The lowest BCUT2D eigenvalue weighted by molar-refractivity contribution is -0.144. The molecule has 1 unspecified atom stereocenters. The second-order valence-electron chi connectivity index (χ2n) is 3.32. The zero-order chi connectivity index (χ0) is 12.2. The van der Waals surface area contributed by atoms with Crippen LogP contribution in [0.15, 0.2) is 30.3 Å². The quantitative estimate of drug-likeness (QED) is 0.769. The first-order valence-corrected chi connectivity index (χ1v) is 6.35. The highest BCUT2D eigenvalue weighted by molar-refractivity contribution is 7.86. The van der Waals surface area contributed by atoms with Crippen LogP contribution >= 0.6 is 0 Å². The average molecular weight is 244 g/mol.